The first-order chi connectivity index (χ1) is 12.6. The van der Waals surface area contributed by atoms with Crippen LogP contribution in [0.1, 0.15) is 10.4 Å². The Morgan fingerprint density at radius 1 is 0.923 bits per heavy atom. The first-order valence-corrected chi connectivity index (χ1v) is 8.09. The predicted molar refractivity (Wildman–Crippen MR) is 101 cm³/mol. The molecular formula is C21H15NO4. The van der Waals surface area contributed by atoms with E-state index in [1.54, 1.807) is 48.5 Å². The SMILES string of the molecule is Nc1ccc(C(=O)COc2ccc3c(c2)oc(=O)c2ccccc23)cc1. The van der Waals surface area contributed by atoms with E-state index in [0.717, 1.165) is 10.8 Å². The summed E-state index contributed by atoms with van der Waals surface area (Å²) < 4.78 is 11.0. The lowest BCUT2D eigenvalue weighted by Gasteiger charge is -2.08. The van der Waals surface area contributed by atoms with Gasteiger partial charge in [-0.3, -0.25) is 4.79 Å². The molecule has 0 fully saturated rings. The molecule has 0 saturated heterocycles. The maximum atomic E-state index is 12.2. The van der Waals surface area contributed by atoms with Crippen molar-refractivity contribution in [3.63, 3.8) is 0 Å². The molecule has 0 bridgehead atoms. The zero-order valence-corrected chi connectivity index (χ0v) is 13.8. The maximum Gasteiger partial charge on any atom is 0.344 e. The molecule has 0 spiro atoms. The number of carbonyl (C=O) groups excluding carboxylic acids is 1. The molecule has 3 aromatic carbocycles. The van der Waals surface area contributed by atoms with Crippen LogP contribution in [-0.4, -0.2) is 12.4 Å². The smallest absolute Gasteiger partial charge is 0.344 e. The summed E-state index contributed by atoms with van der Waals surface area (Å²) in [5.41, 5.74) is 6.76. The lowest BCUT2D eigenvalue weighted by atomic mass is 10.1. The largest absolute Gasteiger partial charge is 0.485 e. The summed E-state index contributed by atoms with van der Waals surface area (Å²) in [6, 6.07) is 19.1. The highest BCUT2D eigenvalue weighted by molar-refractivity contribution is 6.04. The number of ketones is 1. The highest BCUT2D eigenvalue weighted by Crippen LogP contribution is 2.26. The van der Waals surface area contributed by atoms with E-state index in [1.165, 1.54) is 0 Å². The van der Waals surface area contributed by atoms with Gasteiger partial charge in [0.2, 0.25) is 0 Å². The van der Waals surface area contributed by atoms with Crippen LogP contribution in [0.4, 0.5) is 5.69 Å². The summed E-state index contributed by atoms with van der Waals surface area (Å²) in [4.78, 5) is 24.3. The van der Waals surface area contributed by atoms with E-state index in [2.05, 4.69) is 0 Å². The average molecular weight is 345 g/mol. The first-order valence-electron chi connectivity index (χ1n) is 8.09. The number of ether oxygens (including phenoxy) is 1. The number of benzene rings is 3. The van der Waals surface area contributed by atoms with Crippen LogP contribution in [0.2, 0.25) is 0 Å². The van der Waals surface area contributed by atoms with Gasteiger partial charge in [-0.1, -0.05) is 18.2 Å². The molecule has 5 heteroatoms. The Bertz CT molecular complexity index is 1180. The van der Waals surface area contributed by atoms with Gasteiger partial charge in [-0.05, 0) is 47.9 Å². The second-order valence-corrected chi connectivity index (χ2v) is 5.93. The molecule has 5 nitrogen and oxygen atoms in total. The third-order valence-electron chi connectivity index (χ3n) is 4.20. The fraction of sp³-hybridized carbons (Fsp3) is 0.0476. The lowest BCUT2D eigenvalue weighted by molar-refractivity contribution is 0.0921. The van der Waals surface area contributed by atoms with Gasteiger partial charge in [0.15, 0.2) is 12.4 Å². The monoisotopic (exact) mass is 345 g/mol. The van der Waals surface area contributed by atoms with Gasteiger partial charge in [-0.2, -0.15) is 0 Å². The fourth-order valence-corrected chi connectivity index (χ4v) is 2.85. The van der Waals surface area contributed by atoms with Crippen molar-refractivity contribution in [2.24, 2.45) is 0 Å². The summed E-state index contributed by atoms with van der Waals surface area (Å²) in [6.45, 7) is -0.118. The van der Waals surface area contributed by atoms with Crippen LogP contribution in [0.3, 0.4) is 0 Å². The van der Waals surface area contributed by atoms with Gasteiger partial charge in [0.25, 0.3) is 0 Å². The van der Waals surface area contributed by atoms with E-state index >= 15 is 0 Å². The van der Waals surface area contributed by atoms with Gasteiger partial charge in [0.05, 0.1) is 5.39 Å². The van der Waals surface area contributed by atoms with Crippen molar-refractivity contribution in [2.75, 3.05) is 12.3 Å². The molecule has 0 amide bonds. The fourth-order valence-electron chi connectivity index (χ4n) is 2.85. The number of Topliss-reactive ketones (excluding diaryl/α,β-unsaturated/α-hetero) is 1. The number of hydrogen-bond donors (Lipinski definition) is 1. The Labute approximate surface area is 148 Å². The number of rotatable bonds is 4. The van der Waals surface area contributed by atoms with Crippen molar-refractivity contribution in [3.05, 3.63) is 82.7 Å². The van der Waals surface area contributed by atoms with Crippen molar-refractivity contribution in [3.8, 4) is 5.75 Å². The molecule has 0 aliphatic carbocycles. The second-order valence-electron chi connectivity index (χ2n) is 5.93. The summed E-state index contributed by atoms with van der Waals surface area (Å²) in [6.07, 6.45) is 0. The van der Waals surface area contributed by atoms with Gasteiger partial charge < -0.3 is 14.9 Å². The molecule has 4 rings (SSSR count). The second kappa shape index (κ2) is 6.37. The van der Waals surface area contributed by atoms with Gasteiger partial charge in [-0.25, -0.2) is 4.79 Å². The number of fused-ring (bicyclic) bond motifs is 3. The minimum Gasteiger partial charge on any atom is -0.485 e. The predicted octanol–water partition coefficient (Wildman–Crippen LogP) is 3.79. The van der Waals surface area contributed by atoms with Crippen LogP contribution in [0, 0.1) is 0 Å². The molecule has 128 valence electrons. The Morgan fingerprint density at radius 3 is 2.42 bits per heavy atom. The van der Waals surface area contributed by atoms with Crippen LogP contribution >= 0.6 is 0 Å². The van der Waals surface area contributed by atoms with Gasteiger partial charge >= 0.3 is 5.63 Å². The summed E-state index contributed by atoms with van der Waals surface area (Å²) in [5, 5.41) is 2.17. The topological polar surface area (TPSA) is 82.5 Å². The average Bonchev–Trinajstić information content (AvgIpc) is 2.67. The van der Waals surface area contributed by atoms with Crippen molar-refractivity contribution in [1.82, 2.24) is 0 Å². The minimum absolute atomic E-state index is 0.118. The number of hydrogen-bond acceptors (Lipinski definition) is 5. The molecule has 1 aromatic heterocycles. The molecule has 4 aromatic rings. The van der Waals surface area contributed by atoms with Crippen molar-refractivity contribution in [1.29, 1.82) is 0 Å². The molecule has 0 aliphatic heterocycles. The van der Waals surface area contributed by atoms with Crippen LogP contribution in [0.5, 0.6) is 5.75 Å². The molecule has 0 aliphatic rings. The zero-order chi connectivity index (χ0) is 18.1. The normalized spacial score (nSPS) is 10.9. The Balaban J connectivity index is 1.61. The standard InChI is InChI=1S/C21H15NO4/c22-14-7-5-13(6-8-14)19(23)12-25-15-9-10-17-16-3-1-2-4-18(16)21(24)26-20(17)11-15/h1-11H,12,22H2. The Kier molecular flexibility index (Phi) is 3.89. The summed E-state index contributed by atoms with van der Waals surface area (Å²) >= 11 is 0. The van der Waals surface area contributed by atoms with Crippen LogP contribution < -0.4 is 16.1 Å². The molecule has 2 N–H and O–H groups in total. The molecule has 0 atom stereocenters. The third-order valence-corrected chi connectivity index (χ3v) is 4.20. The van der Waals surface area contributed by atoms with E-state index in [9.17, 15) is 9.59 Å². The van der Waals surface area contributed by atoms with E-state index in [-0.39, 0.29) is 12.4 Å². The molecule has 0 unspecified atom stereocenters. The summed E-state index contributed by atoms with van der Waals surface area (Å²) in [5.74, 6) is 0.296. The zero-order valence-electron chi connectivity index (χ0n) is 13.8. The van der Waals surface area contributed by atoms with Crippen LogP contribution in [-0.2, 0) is 0 Å². The van der Waals surface area contributed by atoms with Crippen molar-refractivity contribution < 1.29 is 13.9 Å². The van der Waals surface area contributed by atoms with Gasteiger partial charge in [-0.15, -0.1) is 0 Å². The number of nitrogen functional groups attached to an aromatic ring is 1. The van der Waals surface area contributed by atoms with Gasteiger partial charge in [0.1, 0.15) is 11.3 Å². The first kappa shape index (κ1) is 15.9. The quantitative estimate of drug-likeness (QED) is 0.263. The lowest BCUT2D eigenvalue weighted by Crippen LogP contribution is -2.11. The van der Waals surface area contributed by atoms with E-state index in [4.69, 9.17) is 14.9 Å². The van der Waals surface area contributed by atoms with E-state index < -0.39 is 5.63 Å². The van der Waals surface area contributed by atoms with Crippen LogP contribution in [0.25, 0.3) is 21.7 Å². The van der Waals surface area contributed by atoms with Crippen molar-refractivity contribution >= 4 is 33.2 Å². The molecule has 26 heavy (non-hydrogen) atoms. The van der Waals surface area contributed by atoms with E-state index in [1.807, 2.05) is 18.2 Å². The Morgan fingerprint density at radius 2 is 1.65 bits per heavy atom. The van der Waals surface area contributed by atoms with Gasteiger partial charge in [0, 0.05) is 22.7 Å². The number of anilines is 1. The van der Waals surface area contributed by atoms with Crippen molar-refractivity contribution in [2.45, 2.75) is 0 Å². The maximum absolute atomic E-state index is 12.2. The number of nitrogens with two attached hydrogens (primary N) is 1. The number of carbonyl (C=O) groups is 1. The minimum atomic E-state index is -0.400. The summed E-state index contributed by atoms with van der Waals surface area (Å²) in [7, 11) is 0. The molecule has 0 radical (unpaired) electrons. The highest BCUT2D eigenvalue weighted by Gasteiger charge is 2.10. The van der Waals surface area contributed by atoms with Crippen LogP contribution in [0.15, 0.2) is 75.9 Å². The molecule has 1 heterocycles. The highest BCUT2D eigenvalue weighted by atomic mass is 16.5. The molecular weight excluding hydrogens is 330 g/mol. The third kappa shape index (κ3) is 2.91. The Hall–Kier alpha value is -3.60. The van der Waals surface area contributed by atoms with E-state index in [0.29, 0.717) is 28.0 Å². The molecule has 0 saturated carbocycles.